The molecule has 0 fully saturated rings. The van der Waals surface area contributed by atoms with E-state index in [2.05, 4.69) is 22.9 Å². The Morgan fingerprint density at radius 2 is 1.24 bits per heavy atom. The van der Waals surface area contributed by atoms with E-state index in [4.69, 9.17) is 9.05 Å². The second-order valence-electron chi connectivity index (χ2n) is 5.43. The molecule has 0 bridgehead atoms. The molecular weight excluding hydrogens is 351 g/mol. The number of unbranched alkanes of at least 4 members (excludes halogenated alkanes) is 8. The fourth-order valence-electron chi connectivity index (χ4n) is 2.34. The molecule has 5 heteroatoms. The molecule has 1 unspecified atom stereocenters. The standard InChI is InChI=1S/C16H34BrO3P/c1-4-7-8-9-10-11-12-13-14-15-16(17)21(18,19-5-2)20-6-3/h16H,4-15H2,1-3H3. The molecular formula is C16H34BrO3P. The van der Waals surface area contributed by atoms with E-state index in [0.717, 1.165) is 12.8 Å². The van der Waals surface area contributed by atoms with Crippen molar-refractivity contribution < 1.29 is 13.6 Å². The van der Waals surface area contributed by atoms with E-state index >= 15 is 0 Å². The molecule has 0 heterocycles. The average Bonchev–Trinajstić information content (AvgIpc) is 2.45. The first-order valence-corrected chi connectivity index (χ1v) is 11.2. The van der Waals surface area contributed by atoms with Crippen molar-refractivity contribution in [2.24, 2.45) is 0 Å². The van der Waals surface area contributed by atoms with Crippen molar-refractivity contribution in [3.63, 3.8) is 0 Å². The molecule has 0 radical (unpaired) electrons. The average molecular weight is 385 g/mol. The summed E-state index contributed by atoms with van der Waals surface area (Å²) < 4.78 is 23.0. The second kappa shape index (κ2) is 14.2. The van der Waals surface area contributed by atoms with E-state index in [1.807, 2.05) is 13.8 Å². The van der Waals surface area contributed by atoms with Crippen molar-refractivity contribution in [3.8, 4) is 0 Å². The van der Waals surface area contributed by atoms with Gasteiger partial charge in [0.2, 0.25) is 0 Å². The summed E-state index contributed by atoms with van der Waals surface area (Å²) in [6, 6.07) is 0. The highest BCUT2D eigenvalue weighted by atomic mass is 79.9. The molecule has 0 aromatic rings. The fraction of sp³-hybridized carbons (Fsp3) is 1.00. The molecule has 3 nitrogen and oxygen atoms in total. The molecule has 1 atom stereocenters. The van der Waals surface area contributed by atoms with Gasteiger partial charge in [0, 0.05) is 0 Å². The maximum Gasteiger partial charge on any atom is 0.344 e. The highest BCUT2D eigenvalue weighted by molar-refractivity contribution is 9.10. The lowest BCUT2D eigenvalue weighted by atomic mass is 10.1. The smallest absolute Gasteiger partial charge is 0.308 e. The van der Waals surface area contributed by atoms with Crippen molar-refractivity contribution in [3.05, 3.63) is 0 Å². The van der Waals surface area contributed by atoms with Crippen LogP contribution in [0.4, 0.5) is 0 Å². The van der Waals surface area contributed by atoms with Gasteiger partial charge in [0.25, 0.3) is 0 Å². The largest absolute Gasteiger partial charge is 0.344 e. The monoisotopic (exact) mass is 384 g/mol. The van der Waals surface area contributed by atoms with Gasteiger partial charge in [0.1, 0.15) is 4.57 Å². The summed E-state index contributed by atoms with van der Waals surface area (Å²) in [5, 5.41) is 0. The van der Waals surface area contributed by atoms with Crippen LogP contribution >= 0.6 is 23.5 Å². The van der Waals surface area contributed by atoms with Crippen molar-refractivity contribution in [1.82, 2.24) is 0 Å². The van der Waals surface area contributed by atoms with E-state index in [-0.39, 0.29) is 4.57 Å². The summed E-state index contributed by atoms with van der Waals surface area (Å²) in [7, 11) is -2.97. The molecule has 0 aromatic carbocycles. The first kappa shape index (κ1) is 21.6. The topological polar surface area (TPSA) is 35.5 Å². The third kappa shape index (κ3) is 10.9. The molecule has 0 rings (SSSR count). The Morgan fingerprint density at radius 1 is 0.810 bits per heavy atom. The number of hydrogen-bond donors (Lipinski definition) is 0. The summed E-state index contributed by atoms with van der Waals surface area (Å²) in [4.78, 5) is 0. The van der Waals surface area contributed by atoms with Gasteiger partial charge >= 0.3 is 7.60 Å². The second-order valence-corrected chi connectivity index (χ2v) is 9.46. The molecule has 0 aliphatic heterocycles. The fourth-order valence-corrected chi connectivity index (χ4v) is 4.99. The van der Waals surface area contributed by atoms with Gasteiger partial charge in [0.05, 0.1) is 13.2 Å². The van der Waals surface area contributed by atoms with Crippen LogP contribution in [0.5, 0.6) is 0 Å². The van der Waals surface area contributed by atoms with Crippen LogP contribution in [0.15, 0.2) is 0 Å². The van der Waals surface area contributed by atoms with Crippen LogP contribution in [0.1, 0.15) is 85.0 Å². The predicted molar refractivity (Wildman–Crippen MR) is 95.4 cm³/mol. The summed E-state index contributed by atoms with van der Waals surface area (Å²) in [6.07, 6.45) is 12.5. The van der Waals surface area contributed by atoms with Gasteiger partial charge in [-0.3, -0.25) is 4.57 Å². The lowest BCUT2D eigenvalue weighted by Gasteiger charge is -2.21. The lowest BCUT2D eigenvalue weighted by Crippen LogP contribution is -2.07. The van der Waals surface area contributed by atoms with Gasteiger partial charge < -0.3 is 9.05 Å². The Bertz CT molecular complexity index is 264. The quantitative estimate of drug-likeness (QED) is 0.175. The Kier molecular flexibility index (Phi) is 14.7. The van der Waals surface area contributed by atoms with Crippen molar-refractivity contribution in [1.29, 1.82) is 0 Å². The molecule has 0 saturated carbocycles. The maximum atomic E-state index is 12.5. The minimum Gasteiger partial charge on any atom is -0.308 e. The van der Waals surface area contributed by atoms with Crippen LogP contribution in [-0.4, -0.2) is 17.8 Å². The third-order valence-electron chi connectivity index (χ3n) is 3.51. The number of rotatable bonds is 15. The summed E-state index contributed by atoms with van der Waals surface area (Å²) in [5.74, 6) is 0. The normalized spacial score (nSPS) is 13.5. The molecule has 0 aliphatic carbocycles. The summed E-state index contributed by atoms with van der Waals surface area (Å²) in [6.45, 7) is 6.81. The Hall–Kier alpha value is 0.630. The van der Waals surface area contributed by atoms with E-state index in [0.29, 0.717) is 13.2 Å². The van der Waals surface area contributed by atoms with Gasteiger partial charge in [-0.25, -0.2) is 0 Å². The van der Waals surface area contributed by atoms with Crippen molar-refractivity contribution >= 4 is 23.5 Å². The highest BCUT2D eigenvalue weighted by Gasteiger charge is 2.32. The molecule has 0 spiro atoms. The number of alkyl halides is 1. The Morgan fingerprint density at radius 3 is 1.67 bits per heavy atom. The number of hydrogen-bond acceptors (Lipinski definition) is 3. The predicted octanol–water partition coefficient (Wildman–Crippen LogP) is 6.89. The zero-order valence-electron chi connectivity index (χ0n) is 14.1. The van der Waals surface area contributed by atoms with Crippen LogP contribution in [0.25, 0.3) is 0 Å². The van der Waals surface area contributed by atoms with Gasteiger partial charge in [0.15, 0.2) is 0 Å². The van der Waals surface area contributed by atoms with Gasteiger partial charge in [-0.1, -0.05) is 80.6 Å². The molecule has 128 valence electrons. The van der Waals surface area contributed by atoms with Crippen molar-refractivity contribution in [2.45, 2.75) is 89.5 Å². The molecule has 0 aliphatic rings. The van der Waals surface area contributed by atoms with E-state index in [1.165, 1.54) is 51.4 Å². The molecule has 21 heavy (non-hydrogen) atoms. The van der Waals surface area contributed by atoms with Crippen LogP contribution in [-0.2, 0) is 13.6 Å². The van der Waals surface area contributed by atoms with Crippen LogP contribution in [0.2, 0.25) is 0 Å². The molecule has 0 amide bonds. The Labute approximate surface area is 140 Å². The SMILES string of the molecule is CCCCCCCCCCCC(Br)P(=O)(OCC)OCC. The lowest BCUT2D eigenvalue weighted by molar-refractivity contribution is 0.217. The van der Waals surface area contributed by atoms with Gasteiger partial charge in [-0.05, 0) is 20.3 Å². The number of halogens is 1. The van der Waals surface area contributed by atoms with E-state index in [1.54, 1.807) is 0 Å². The van der Waals surface area contributed by atoms with Crippen molar-refractivity contribution in [2.75, 3.05) is 13.2 Å². The zero-order valence-corrected chi connectivity index (χ0v) is 16.6. The molecule has 0 saturated heterocycles. The maximum absolute atomic E-state index is 12.5. The molecule has 0 aromatic heterocycles. The zero-order chi connectivity index (χ0) is 16.0. The molecule has 0 N–H and O–H groups in total. The Balaban J connectivity index is 3.68. The van der Waals surface area contributed by atoms with Crippen LogP contribution in [0.3, 0.4) is 0 Å². The van der Waals surface area contributed by atoms with E-state index in [9.17, 15) is 4.57 Å². The first-order valence-electron chi connectivity index (χ1n) is 8.63. The third-order valence-corrected chi connectivity index (χ3v) is 7.65. The summed E-state index contributed by atoms with van der Waals surface area (Å²) in [5.41, 5.74) is 0. The highest BCUT2D eigenvalue weighted by Crippen LogP contribution is 2.57. The van der Waals surface area contributed by atoms with Gasteiger partial charge in [-0.2, -0.15) is 0 Å². The van der Waals surface area contributed by atoms with Crippen LogP contribution in [0, 0.1) is 0 Å². The minimum absolute atomic E-state index is 0.172. The van der Waals surface area contributed by atoms with E-state index < -0.39 is 7.60 Å². The van der Waals surface area contributed by atoms with Gasteiger partial charge in [-0.15, -0.1) is 0 Å². The summed E-state index contributed by atoms with van der Waals surface area (Å²) >= 11 is 3.50. The minimum atomic E-state index is -2.97. The first-order chi connectivity index (χ1) is 10.1. The van der Waals surface area contributed by atoms with Crippen LogP contribution < -0.4 is 0 Å².